The molecule has 1 aromatic carbocycles. The number of nitrogens with two attached hydrogens (primary N) is 1. The lowest BCUT2D eigenvalue weighted by Gasteiger charge is -2.03. The second-order valence-corrected chi connectivity index (χ2v) is 2.84. The van der Waals surface area contributed by atoms with Crippen molar-refractivity contribution < 1.29 is 14.8 Å². The average molecular weight is 209 g/mol. The number of hydrogen-bond acceptors (Lipinski definition) is 4. The molecule has 1 aromatic rings. The Kier molecular flexibility index (Phi) is 3.64. The third kappa shape index (κ3) is 3.28. The smallest absolute Gasteiger partial charge is 0.262 e. The molecular formula is C9H11N3O3. The number of carbonyl (C=O) groups is 2. The number of nitrogens with one attached hydrogen (secondary N) is 2. The quantitative estimate of drug-likeness (QED) is 0.306. The van der Waals surface area contributed by atoms with Gasteiger partial charge < -0.3 is 11.1 Å². The van der Waals surface area contributed by atoms with Gasteiger partial charge in [-0.05, 0) is 24.3 Å². The fourth-order valence-electron chi connectivity index (χ4n) is 0.937. The molecular weight excluding hydrogens is 198 g/mol. The molecule has 0 bridgehead atoms. The van der Waals surface area contributed by atoms with Crippen LogP contribution in [0, 0.1) is 0 Å². The zero-order chi connectivity index (χ0) is 11.3. The summed E-state index contributed by atoms with van der Waals surface area (Å²) in [7, 11) is 0. The van der Waals surface area contributed by atoms with Crippen molar-refractivity contribution in [2.45, 2.75) is 0 Å². The third-order valence-corrected chi connectivity index (χ3v) is 1.71. The molecule has 0 atom stereocenters. The minimum absolute atomic E-state index is 0.278. The molecule has 0 fully saturated rings. The highest BCUT2D eigenvalue weighted by atomic mass is 16.5. The van der Waals surface area contributed by atoms with Gasteiger partial charge in [0.15, 0.2) is 0 Å². The largest absolute Gasteiger partial charge is 0.399 e. The Bertz CT molecular complexity index is 361. The maximum Gasteiger partial charge on any atom is 0.262 e. The van der Waals surface area contributed by atoms with Gasteiger partial charge in [0, 0.05) is 11.3 Å². The molecule has 0 radical (unpaired) electrons. The first kappa shape index (κ1) is 11.0. The Morgan fingerprint density at radius 1 is 1.27 bits per heavy atom. The van der Waals surface area contributed by atoms with Crippen LogP contribution in [0.5, 0.6) is 0 Å². The van der Waals surface area contributed by atoms with Crippen LogP contribution in [-0.2, 0) is 4.79 Å². The summed E-state index contributed by atoms with van der Waals surface area (Å²) < 4.78 is 0. The summed E-state index contributed by atoms with van der Waals surface area (Å²) in [6.07, 6.45) is 0. The van der Waals surface area contributed by atoms with Crippen LogP contribution >= 0.6 is 0 Å². The lowest BCUT2D eigenvalue weighted by Crippen LogP contribution is -2.35. The monoisotopic (exact) mass is 209 g/mol. The Labute approximate surface area is 86.0 Å². The number of rotatable bonds is 3. The van der Waals surface area contributed by atoms with Gasteiger partial charge >= 0.3 is 0 Å². The van der Waals surface area contributed by atoms with Crippen molar-refractivity contribution in [1.82, 2.24) is 10.8 Å². The molecule has 2 amide bonds. The number of amides is 2. The Morgan fingerprint density at radius 3 is 2.40 bits per heavy atom. The van der Waals surface area contributed by atoms with Crippen molar-refractivity contribution in [2.24, 2.45) is 0 Å². The van der Waals surface area contributed by atoms with Crippen LogP contribution in [0.2, 0.25) is 0 Å². The SMILES string of the molecule is Nc1ccc(C(=O)NCC(=O)NO)cc1. The molecule has 80 valence electrons. The molecule has 0 aliphatic heterocycles. The molecule has 0 aromatic heterocycles. The van der Waals surface area contributed by atoms with Gasteiger partial charge in [0.25, 0.3) is 11.8 Å². The van der Waals surface area contributed by atoms with E-state index in [0.29, 0.717) is 11.3 Å². The minimum Gasteiger partial charge on any atom is -0.399 e. The van der Waals surface area contributed by atoms with E-state index in [4.69, 9.17) is 10.9 Å². The molecule has 6 heteroatoms. The number of anilines is 1. The summed E-state index contributed by atoms with van der Waals surface area (Å²) in [5, 5.41) is 10.5. The summed E-state index contributed by atoms with van der Waals surface area (Å²) in [5.41, 5.74) is 7.80. The van der Waals surface area contributed by atoms with Crippen LogP contribution in [0.25, 0.3) is 0 Å². The zero-order valence-electron chi connectivity index (χ0n) is 7.86. The van der Waals surface area contributed by atoms with Gasteiger partial charge in [-0.25, -0.2) is 5.48 Å². The molecule has 0 aliphatic carbocycles. The summed E-state index contributed by atoms with van der Waals surface area (Å²) in [6.45, 7) is -0.278. The van der Waals surface area contributed by atoms with Crippen LogP contribution in [0.4, 0.5) is 5.69 Å². The van der Waals surface area contributed by atoms with Crippen LogP contribution < -0.4 is 16.5 Å². The minimum atomic E-state index is -0.682. The van der Waals surface area contributed by atoms with E-state index in [9.17, 15) is 9.59 Å². The number of hydroxylamine groups is 1. The second kappa shape index (κ2) is 4.97. The summed E-state index contributed by atoms with van der Waals surface area (Å²) >= 11 is 0. The second-order valence-electron chi connectivity index (χ2n) is 2.84. The molecule has 0 spiro atoms. The molecule has 0 heterocycles. The van der Waals surface area contributed by atoms with E-state index in [0.717, 1.165) is 0 Å². The van der Waals surface area contributed by atoms with E-state index in [1.807, 2.05) is 0 Å². The van der Waals surface area contributed by atoms with Gasteiger partial charge in [0.1, 0.15) is 0 Å². The Balaban J connectivity index is 2.54. The van der Waals surface area contributed by atoms with E-state index in [-0.39, 0.29) is 6.54 Å². The highest BCUT2D eigenvalue weighted by Crippen LogP contribution is 2.04. The normalized spacial score (nSPS) is 9.40. The Morgan fingerprint density at radius 2 is 1.87 bits per heavy atom. The first-order valence-electron chi connectivity index (χ1n) is 4.20. The lowest BCUT2D eigenvalue weighted by atomic mass is 10.2. The van der Waals surface area contributed by atoms with Crippen molar-refractivity contribution in [3.8, 4) is 0 Å². The van der Waals surface area contributed by atoms with E-state index in [1.165, 1.54) is 5.48 Å². The molecule has 0 aliphatic rings. The average Bonchev–Trinajstić information content (AvgIpc) is 2.26. The molecule has 15 heavy (non-hydrogen) atoms. The number of nitrogen functional groups attached to an aromatic ring is 1. The fraction of sp³-hybridized carbons (Fsp3) is 0.111. The summed E-state index contributed by atoms with van der Waals surface area (Å²) in [6, 6.07) is 6.26. The van der Waals surface area contributed by atoms with Crippen LogP contribution in [0.3, 0.4) is 0 Å². The van der Waals surface area contributed by atoms with Crippen LogP contribution in [-0.4, -0.2) is 23.6 Å². The van der Waals surface area contributed by atoms with Crippen molar-refractivity contribution in [2.75, 3.05) is 12.3 Å². The third-order valence-electron chi connectivity index (χ3n) is 1.71. The number of hydrogen-bond donors (Lipinski definition) is 4. The molecule has 5 N–H and O–H groups in total. The molecule has 6 nitrogen and oxygen atoms in total. The predicted octanol–water partition coefficient (Wildman–Crippen LogP) is -0.496. The first-order valence-corrected chi connectivity index (χ1v) is 4.20. The molecule has 0 saturated heterocycles. The van der Waals surface area contributed by atoms with Crippen molar-refractivity contribution in [1.29, 1.82) is 0 Å². The Hall–Kier alpha value is -2.08. The zero-order valence-corrected chi connectivity index (χ0v) is 7.86. The molecule has 0 unspecified atom stereocenters. The van der Waals surface area contributed by atoms with Gasteiger partial charge in [-0.3, -0.25) is 14.8 Å². The van der Waals surface area contributed by atoms with Gasteiger partial charge in [-0.1, -0.05) is 0 Å². The van der Waals surface area contributed by atoms with E-state index in [2.05, 4.69) is 5.32 Å². The number of benzene rings is 1. The number of carbonyl (C=O) groups excluding carboxylic acids is 2. The van der Waals surface area contributed by atoms with Crippen molar-refractivity contribution in [3.63, 3.8) is 0 Å². The highest BCUT2D eigenvalue weighted by molar-refractivity contribution is 5.96. The van der Waals surface area contributed by atoms with Crippen LogP contribution in [0.15, 0.2) is 24.3 Å². The maximum absolute atomic E-state index is 11.4. The van der Waals surface area contributed by atoms with Crippen LogP contribution in [0.1, 0.15) is 10.4 Å². The molecule has 1 rings (SSSR count). The van der Waals surface area contributed by atoms with Crippen molar-refractivity contribution in [3.05, 3.63) is 29.8 Å². The lowest BCUT2D eigenvalue weighted by molar-refractivity contribution is -0.128. The van der Waals surface area contributed by atoms with Gasteiger partial charge in [0.2, 0.25) is 0 Å². The maximum atomic E-state index is 11.4. The molecule has 0 saturated carbocycles. The summed E-state index contributed by atoms with van der Waals surface area (Å²) in [5.74, 6) is -1.09. The first-order chi connectivity index (χ1) is 7.13. The predicted molar refractivity (Wildman–Crippen MR) is 53.1 cm³/mol. The highest BCUT2D eigenvalue weighted by Gasteiger charge is 2.06. The standard InChI is InChI=1S/C9H11N3O3/c10-7-3-1-6(2-4-7)9(14)11-5-8(13)12-15/h1-4,15H,5,10H2,(H,11,14)(H,12,13). The topological polar surface area (TPSA) is 104 Å². The fourth-order valence-corrected chi connectivity index (χ4v) is 0.937. The van der Waals surface area contributed by atoms with E-state index in [1.54, 1.807) is 24.3 Å². The van der Waals surface area contributed by atoms with Gasteiger partial charge in [-0.15, -0.1) is 0 Å². The van der Waals surface area contributed by atoms with Gasteiger partial charge in [0.05, 0.1) is 6.54 Å². The van der Waals surface area contributed by atoms with E-state index < -0.39 is 11.8 Å². The summed E-state index contributed by atoms with van der Waals surface area (Å²) in [4.78, 5) is 22.0. The van der Waals surface area contributed by atoms with Crippen molar-refractivity contribution >= 4 is 17.5 Å². The van der Waals surface area contributed by atoms with Gasteiger partial charge in [-0.2, -0.15) is 0 Å². The van der Waals surface area contributed by atoms with E-state index >= 15 is 0 Å².